The maximum Gasteiger partial charge on any atom is 0.416 e. The minimum atomic E-state index is -4.55. The van der Waals surface area contributed by atoms with Crippen molar-refractivity contribution in [3.8, 4) is 0 Å². The fourth-order valence-electron chi connectivity index (χ4n) is 5.88. The number of urea groups is 1. The van der Waals surface area contributed by atoms with E-state index >= 15 is 0 Å². The molecule has 2 atom stereocenters. The van der Waals surface area contributed by atoms with E-state index in [0.717, 1.165) is 33.9 Å². The van der Waals surface area contributed by atoms with Crippen LogP contribution in [0, 0.1) is 5.41 Å². The Labute approximate surface area is 194 Å². The number of nitrogens with zero attached hydrogens (tertiary/aromatic N) is 3. The quantitative estimate of drug-likeness (QED) is 0.589. The number of benzene rings is 2. The maximum atomic E-state index is 13.7. The molecule has 9 heteroatoms. The Morgan fingerprint density at radius 1 is 0.941 bits per heavy atom. The molecule has 178 valence electrons. The summed E-state index contributed by atoms with van der Waals surface area (Å²) in [5, 5.41) is 0. The lowest BCUT2D eigenvalue weighted by Gasteiger charge is -2.55. The van der Waals surface area contributed by atoms with Crippen molar-refractivity contribution >= 4 is 23.5 Å². The largest absolute Gasteiger partial charge is 0.416 e. The van der Waals surface area contributed by atoms with Gasteiger partial charge in [-0.2, -0.15) is 13.2 Å². The van der Waals surface area contributed by atoms with E-state index in [1.807, 2.05) is 35.2 Å². The van der Waals surface area contributed by atoms with Crippen LogP contribution in [-0.2, 0) is 22.2 Å². The van der Waals surface area contributed by atoms with Gasteiger partial charge in [0.25, 0.3) is 0 Å². The molecule has 0 N–H and O–H groups in total. The van der Waals surface area contributed by atoms with E-state index < -0.39 is 41.0 Å². The predicted octanol–water partition coefficient (Wildman–Crippen LogP) is 4.05. The van der Waals surface area contributed by atoms with Crippen molar-refractivity contribution in [3.05, 3.63) is 65.2 Å². The van der Waals surface area contributed by atoms with Gasteiger partial charge in [0.2, 0.25) is 11.8 Å². The molecule has 2 aromatic carbocycles. The lowest BCUT2D eigenvalue weighted by atomic mass is 9.63. The lowest BCUT2D eigenvalue weighted by molar-refractivity contribution is -0.159. The van der Waals surface area contributed by atoms with Crippen molar-refractivity contribution < 1.29 is 27.6 Å². The normalized spacial score (nSPS) is 24.4. The molecule has 0 radical (unpaired) electrons. The predicted molar refractivity (Wildman–Crippen MR) is 118 cm³/mol. The summed E-state index contributed by atoms with van der Waals surface area (Å²) >= 11 is 0. The second-order valence-corrected chi connectivity index (χ2v) is 9.34. The summed E-state index contributed by atoms with van der Waals surface area (Å²) in [5.41, 5.74) is -0.515. The molecule has 0 aliphatic carbocycles. The lowest BCUT2D eigenvalue weighted by Crippen LogP contribution is -2.72. The number of piperidine rings is 1. The van der Waals surface area contributed by atoms with Gasteiger partial charge in [-0.3, -0.25) is 19.4 Å². The smallest absolute Gasteiger partial charge is 0.367 e. The van der Waals surface area contributed by atoms with Crippen LogP contribution in [0.2, 0.25) is 0 Å². The number of hydrogen-bond donors (Lipinski definition) is 0. The zero-order chi connectivity index (χ0) is 24.4. The summed E-state index contributed by atoms with van der Waals surface area (Å²) in [5.74, 6) is -1.25. The van der Waals surface area contributed by atoms with Gasteiger partial charge in [-0.25, -0.2) is 4.79 Å². The number of halogens is 3. The first-order chi connectivity index (χ1) is 16.1. The van der Waals surface area contributed by atoms with Crippen LogP contribution in [0.4, 0.5) is 23.7 Å². The highest BCUT2D eigenvalue weighted by atomic mass is 19.4. The van der Waals surface area contributed by atoms with Gasteiger partial charge in [0.05, 0.1) is 11.6 Å². The van der Waals surface area contributed by atoms with Crippen molar-refractivity contribution in [2.45, 2.75) is 37.4 Å². The van der Waals surface area contributed by atoms with E-state index in [1.54, 1.807) is 0 Å². The van der Waals surface area contributed by atoms with Gasteiger partial charge < -0.3 is 4.90 Å². The first-order valence-corrected chi connectivity index (χ1v) is 11.2. The molecule has 0 bridgehead atoms. The molecule has 2 aromatic rings. The van der Waals surface area contributed by atoms with E-state index in [4.69, 9.17) is 0 Å². The number of barbiturate groups is 1. The van der Waals surface area contributed by atoms with Crippen molar-refractivity contribution in [1.29, 1.82) is 0 Å². The van der Waals surface area contributed by atoms with Crippen molar-refractivity contribution in [1.82, 2.24) is 9.80 Å². The summed E-state index contributed by atoms with van der Waals surface area (Å²) in [7, 11) is 2.64. The third-order valence-electron chi connectivity index (χ3n) is 7.57. The van der Waals surface area contributed by atoms with Crippen molar-refractivity contribution in [2.75, 3.05) is 25.5 Å². The molecule has 3 aliphatic heterocycles. The number of anilines is 1. The number of alkyl halides is 3. The van der Waals surface area contributed by atoms with Crippen molar-refractivity contribution in [3.63, 3.8) is 0 Å². The fourth-order valence-corrected chi connectivity index (χ4v) is 5.88. The number of amides is 4. The molecule has 1 spiro atoms. The SMILES string of the molecule is CN1C(=O)N(C)C(=O)C2(Cc3cc(C(F)(F)F)ccc3N3CC[C@@H](c4ccccc4)C[C@@H]32)C1=O. The molecular weight excluding hydrogens is 447 g/mol. The standard InChI is InChI=1S/C25H24F3N3O3/c1-29-21(32)24(22(33)30(2)23(29)34)14-17-12-18(25(26,27)28)8-9-19(17)31-11-10-16(13-20(24)31)15-6-4-3-5-7-15/h3-9,12,16,20H,10-11,13-14H2,1-2H3/t16-,20-/m1/s1. The summed E-state index contributed by atoms with van der Waals surface area (Å²) in [6, 6.07) is 12.0. The number of fused-ring (bicyclic) bond motifs is 4. The monoisotopic (exact) mass is 471 g/mol. The molecule has 3 heterocycles. The number of rotatable bonds is 1. The minimum absolute atomic E-state index is 0.0733. The van der Waals surface area contributed by atoms with Gasteiger partial charge >= 0.3 is 12.2 Å². The van der Waals surface area contributed by atoms with Crippen LogP contribution in [0.3, 0.4) is 0 Å². The summed E-state index contributed by atoms with van der Waals surface area (Å²) in [6.45, 7) is 0.478. The molecule has 0 unspecified atom stereocenters. The second-order valence-electron chi connectivity index (χ2n) is 9.34. The molecule has 0 aromatic heterocycles. The highest BCUT2D eigenvalue weighted by Crippen LogP contribution is 2.51. The van der Waals surface area contributed by atoms with Gasteiger partial charge in [-0.1, -0.05) is 30.3 Å². The molecule has 5 rings (SSSR count). The molecule has 4 amide bonds. The van der Waals surface area contributed by atoms with Crippen LogP contribution in [0.25, 0.3) is 0 Å². The first-order valence-electron chi connectivity index (χ1n) is 11.2. The van der Waals surface area contributed by atoms with E-state index in [9.17, 15) is 27.6 Å². The van der Waals surface area contributed by atoms with Gasteiger partial charge in [0, 0.05) is 26.3 Å². The van der Waals surface area contributed by atoms with Crippen molar-refractivity contribution in [2.24, 2.45) is 5.41 Å². The fraction of sp³-hybridized carbons (Fsp3) is 0.400. The summed E-state index contributed by atoms with van der Waals surface area (Å²) in [4.78, 5) is 43.6. The Balaban J connectivity index is 1.67. The highest BCUT2D eigenvalue weighted by molar-refractivity contribution is 6.20. The van der Waals surface area contributed by atoms with Gasteiger partial charge in [0.15, 0.2) is 5.41 Å². The van der Waals surface area contributed by atoms with Crippen LogP contribution in [0.5, 0.6) is 0 Å². The van der Waals surface area contributed by atoms with E-state index in [-0.39, 0.29) is 12.3 Å². The average molecular weight is 471 g/mol. The zero-order valence-electron chi connectivity index (χ0n) is 18.8. The van der Waals surface area contributed by atoms with Gasteiger partial charge in [0.1, 0.15) is 0 Å². The Bertz CT molecular complexity index is 1160. The topological polar surface area (TPSA) is 60.9 Å². The Morgan fingerprint density at radius 3 is 2.21 bits per heavy atom. The molecule has 2 fully saturated rings. The Hall–Kier alpha value is -3.36. The van der Waals surface area contributed by atoms with Gasteiger partial charge in [-0.15, -0.1) is 0 Å². The molecule has 0 saturated carbocycles. The molecule has 34 heavy (non-hydrogen) atoms. The summed E-state index contributed by atoms with van der Waals surface area (Å²) < 4.78 is 40.5. The number of imide groups is 2. The number of hydrogen-bond acceptors (Lipinski definition) is 4. The molecule has 6 nitrogen and oxygen atoms in total. The second kappa shape index (κ2) is 7.58. The highest BCUT2D eigenvalue weighted by Gasteiger charge is 2.64. The van der Waals surface area contributed by atoms with Crippen LogP contribution in [0.1, 0.15) is 35.4 Å². The van der Waals surface area contributed by atoms with Crippen LogP contribution in [0.15, 0.2) is 48.5 Å². The first kappa shape index (κ1) is 22.4. The van der Waals surface area contributed by atoms with E-state index in [2.05, 4.69) is 0 Å². The third kappa shape index (κ3) is 3.13. The van der Waals surface area contributed by atoms with Crippen LogP contribution in [-0.4, -0.2) is 54.3 Å². The van der Waals surface area contributed by atoms with Gasteiger partial charge in [-0.05, 0) is 54.5 Å². The maximum absolute atomic E-state index is 13.7. The molecule has 3 aliphatic rings. The zero-order valence-corrected chi connectivity index (χ0v) is 18.8. The Kier molecular flexibility index (Phi) is 5.00. The third-order valence-corrected chi connectivity index (χ3v) is 7.57. The minimum Gasteiger partial charge on any atom is -0.367 e. The summed E-state index contributed by atoms with van der Waals surface area (Å²) in [6.07, 6.45) is -3.54. The van der Waals surface area contributed by atoms with E-state index in [1.165, 1.54) is 20.2 Å². The average Bonchev–Trinajstić information content (AvgIpc) is 2.84. The molecular formula is C25H24F3N3O3. The van der Waals surface area contributed by atoms with Crippen LogP contribution >= 0.6 is 0 Å². The van der Waals surface area contributed by atoms with Crippen LogP contribution < -0.4 is 4.90 Å². The Morgan fingerprint density at radius 2 is 1.59 bits per heavy atom. The number of carbonyl (C=O) groups excluding carboxylic acids is 3. The number of carbonyl (C=O) groups is 3. The molecule has 2 saturated heterocycles. The van der Waals surface area contributed by atoms with E-state index in [0.29, 0.717) is 24.2 Å².